The third-order valence-electron chi connectivity index (χ3n) is 4.43. The molecule has 136 valence electrons. The van der Waals surface area contributed by atoms with Crippen molar-refractivity contribution in [3.63, 3.8) is 0 Å². The van der Waals surface area contributed by atoms with E-state index in [1.54, 1.807) is 12.1 Å². The van der Waals surface area contributed by atoms with Gasteiger partial charge < -0.3 is 9.32 Å². The van der Waals surface area contributed by atoms with Gasteiger partial charge in [0.05, 0.1) is 23.2 Å². The van der Waals surface area contributed by atoms with E-state index >= 15 is 0 Å². The van der Waals surface area contributed by atoms with E-state index in [-0.39, 0.29) is 18.2 Å². The number of hydrazone groups is 1. The van der Waals surface area contributed by atoms with E-state index in [2.05, 4.69) is 33.6 Å². The zero-order chi connectivity index (χ0) is 17.9. The molecule has 0 radical (unpaired) electrons. The van der Waals surface area contributed by atoms with Crippen LogP contribution in [0.15, 0.2) is 69.5 Å². The maximum absolute atomic E-state index is 12.0. The molecule has 0 bridgehead atoms. The number of hydrogen-bond acceptors (Lipinski definition) is 5. The Labute approximate surface area is 162 Å². The van der Waals surface area contributed by atoms with E-state index in [9.17, 15) is 10.1 Å². The van der Waals surface area contributed by atoms with Crippen molar-refractivity contribution in [3.05, 3.63) is 71.3 Å². The highest BCUT2D eigenvalue weighted by atomic mass is 35.5. The fraction of sp³-hybridized carbons (Fsp3) is 0.150. The summed E-state index contributed by atoms with van der Waals surface area (Å²) in [7, 11) is 0. The van der Waals surface area contributed by atoms with Crippen molar-refractivity contribution in [3.8, 4) is 6.07 Å². The average Bonchev–Trinajstić information content (AvgIpc) is 3.15. The SMILES string of the molecule is Cl.N#CC1=C2C=Cc3ccccc3N2CCC/C1=N/NC(=O)c1ccco1. The number of nitrogens with one attached hydrogen (secondary N) is 1. The number of amides is 1. The number of nitriles is 1. The number of benzene rings is 1. The minimum Gasteiger partial charge on any atom is -0.459 e. The molecule has 2 aliphatic heterocycles. The molecule has 1 amide bonds. The molecule has 3 heterocycles. The molecule has 0 fully saturated rings. The van der Waals surface area contributed by atoms with Gasteiger partial charge in [-0.2, -0.15) is 10.4 Å². The lowest BCUT2D eigenvalue weighted by Gasteiger charge is -2.29. The normalized spacial score (nSPS) is 16.7. The summed E-state index contributed by atoms with van der Waals surface area (Å²) >= 11 is 0. The van der Waals surface area contributed by atoms with Gasteiger partial charge in [-0.3, -0.25) is 4.79 Å². The summed E-state index contributed by atoms with van der Waals surface area (Å²) in [5, 5.41) is 14.0. The van der Waals surface area contributed by atoms with Gasteiger partial charge in [-0.25, -0.2) is 5.43 Å². The molecule has 2 aromatic rings. The monoisotopic (exact) mass is 380 g/mol. The van der Waals surface area contributed by atoms with E-state index in [1.807, 2.05) is 24.3 Å². The standard InChI is InChI=1S/C20H16N4O2.ClH/c21-13-15-16(22-23-20(25)19-8-4-12-26-19)6-3-11-24-17-7-2-1-5-14(17)9-10-18(15)24;/h1-2,4-5,7-10,12H,3,6,11H2,(H,23,25);1H/b22-16-;. The first-order valence-electron chi connectivity index (χ1n) is 8.38. The van der Waals surface area contributed by atoms with Gasteiger partial charge >= 0.3 is 5.91 Å². The number of halogens is 1. The first-order chi connectivity index (χ1) is 12.8. The largest absolute Gasteiger partial charge is 0.459 e. The first-order valence-corrected chi connectivity index (χ1v) is 8.38. The molecule has 0 unspecified atom stereocenters. The lowest BCUT2D eigenvalue weighted by atomic mass is 10.0. The molecular weight excluding hydrogens is 364 g/mol. The molecule has 2 aliphatic rings. The number of allylic oxidation sites excluding steroid dienone is 2. The van der Waals surface area contributed by atoms with Gasteiger partial charge in [0.1, 0.15) is 6.07 Å². The van der Waals surface area contributed by atoms with Gasteiger partial charge in [0.15, 0.2) is 5.76 Å². The molecule has 0 aliphatic carbocycles. The Morgan fingerprint density at radius 3 is 2.85 bits per heavy atom. The summed E-state index contributed by atoms with van der Waals surface area (Å²) in [5.74, 6) is -0.252. The number of hydrogen-bond donors (Lipinski definition) is 1. The number of carbonyl (C=O) groups excluding carboxylic acids is 1. The molecular formula is C20H17ClN4O2. The highest BCUT2D eigenvalue weighted by molar-refractivity contribution is 6.07. The Hall–Kier alpha value is -3.30. The molecule has 1 N–H and O–H groups in total. The van der Waals surface area contributed by atoms with Crippen LogP contribution in [0.4, 0.5) is 5.69 Å². The molecule has 27 heavy (non-hydrogen) atoms. The van der Waals surface area contributed by atoms with Gasteiger partial charge in [-0.1, -0.05) is 24.3 Å². The Morgan fingerprint density at radius 2 is 2.07 bits per heavy atom. The van der Waals surface area contributed by atoms with Crippen molar-refractivity contribution in [1.29, 1.82) is 5.26 Å². The van der Waals surface area contributed by atoms with Crippen molar-refractivity contribution in [2.45, 2.75) is 12.8 Å². The van der Waals surface area contributed by atoms with E-state index in [0.717, 1.165) is 29.9 Å². The zero-order valence-electron chi connectivity index (χ0n) is 14.4. The summed E-state index contributed by atoms with van der Waals surface area (Å²) in [5.41, 5.74) is 6.57. The summed E-state index contributed by atoms with van der Waals surface area (Å²) < 4.78 is 5.06. The van der Waals surface area contributed by atoms with Crippen LogP contribution in [0.3, 0.4) is 0 Å². The maximum atomic E-state index is 12.0. The number of rotatable bonds is 2. The van der Waals surface area contributed by atoms with Crippen molar-refractivity contribution in [2.24, 2.45) is 5.10 Å². The zero-order valence-corrected chi connectivity index (χ0v) is 15.2. The van der Waals surface area contributed by atoms with Gasteiger partial charge in [0.2, 0.25) is 0 Å². The van der Waals surface area contributed by atoms with Crippen LogP contribution in [-0.2, 0) is 0 Å². The summed E-state index contributed by atoms with van der Waals surface area (Å²) in [4.78, 5) is 14.2. The number of carbonyl (C=O) groups is 1. The third-order valence-corrected chi connectivity index (χ3v) is 4.43. The molecule has 0 atom stereocenters. The average molecular weight is 381 g/mol. The molecule has 0 saturated carbocycles. The molecule has 0 saturated heterocycles. The summed E-state index contributed by atoms with van der Waals surface area (Å²) in [6, 6.07) is 13.6. The van der Waals surface area contributed by atoms with Crippen LogP contribution in [0.25, 0.3) is 6.08 Å². The van der Waals surface area contributed by atoms with Crippen molar-refractivity contribution in [1.82, 2.24) is 5.43 Å². The van der Waals surface area contributed by atoms with Crippen molar-refractivity contribution >= 4 is 35.8 Å². The predicted molar refractivity (Wildman–Crippen MR) is 106 cm³/mol. The maximum Gasteiger partial charge on any atom is 0.307 e. The Kier molecular flexibility index (Phi) is 5.43. The predicted octanol–water partition coefficient (Wildman–Crippen LogP) is 3.89. The minimum atomic E-state index is -0.435. The quantitative estimate of drug-likeness (QED) is 0.801. The fourth-order valence-electron chi connectivity index (χ4n) is 3.21. The summed E-state index contributed by atoms with van der Waals surface area (Å²) in [6.45, 7) is 0.785. The molecule has 4 rings (SSSR count). The van der Waals surface area contributed by atoms with E-state index in [4.69, 9.17) is 4.42 Å². The molecule has 7 heteroatoms. The van der Waals surface area contributed by atoms with Crippen molar-refractivity contribution < 1.29 is 9.21 Å². The van der Waals surface area contributed by atoms with Crippen LogP contribution < -0.4 is 10.3 Å². The van der Waals surface area contributed by atoms with Crippen LogP contribution in [-0.4, -0.2) is 18.2 Å². The second-order valence-corrected chi connectivity index (χ2v) is 6.00. The highest BCUT2D eigenvalue weighted by Crippen LogP contribution is 2.34. The Balaban J connectivity index is 0.00000210. The van der Waals surface area contributed by atoms with E-state index in [0.29, 0.717) is 17.7 Å². The lowest BCUT2D eigenvalue weighted by molar-refractivity contribution is 0.0927. The van der Waals surface area contributed by atoms with Crippen LogP contribution in [0, 0.1) is 11.3 Å². The van der Waals surface area contributed by atoms with Gasteiger partial charge in [-0.05, 0) is 42.7 Å². The smallest absolute Gasteiger partial charge is 0.307 e. The molecule has 6 nitrogen and oxygen atoms in total. The molecule has 1 aromatic carbocycles. The van der Waals surface area contributed by atoms with E-state index < -0.39 is 5.91 Å². The number of para-hydroxylation sites is 1. The van der Waals surface area contributed by atoms with Crippen LogP contribution in [0.1, 0.15) is 29.0 Å². The Bertz CT molecular complexity index is 984. The van der Waals surface area contributed by atoms with E-state index in [1.165, 1.54) is 6.26 Å². The fourth-order valence-corrected chi connectivity index (χ4v) is 3.21. The second-order valence-electron chi connectivity index (χ2n) is 6.00. The number of furan rings is 1. The number of fused-ring (bicyclic) bond motifs is 3. The van der Waals surface area contributed by atoms with Gasteiger partial charge in [-0.15, -0.1) is 12.4 Å². The number of nitrogens with zero attached hydrogens (tertiary/aromatic N) is 3. The van der Waals surface area contributed by atoms with Crippen LogP contribution in [0.5, 0.6) is 0 Å². The molecule has 0 spiro atoms. The Morgan fingerprint density at radius 1 is 1.22 bits per heavy atom. The third kappa shape index (κ3) is 3.50. The number of anilines is 1. The second kappa shape index (κ2) is 7.94. The lowest BCUT2D eigenvalue weighted by Crippen LogP contribution is -2.25. The topological polar surface area (TPSA) is 81.6 Å². The first kappa shape index (κ1) is 18.5. The molecule has 1 aromatic heterocycles. The minimum absolute atomic E-state index is 0. The van der Waals surface area contributed by atoms with Crippen LogP contribution >= 0.6 is 12.4 Å². The summed E-state index contributed by atoms with van der Waals surface area (Å²) in [6.07, 6.45) is 6.81. The van der Waals surface area contributed by atoms with Gasteiger partial charge in [0, 0.05) is 12.2 Å². The van der Waals surface area contributed by atoms with Crippen molar-refractivity contribution in [2.75, 3.05) is 11.4 Å². The van der Waals surface area contributed by atoms with Crippen LogP contribution in [0.2, 0.25) is 0 Å². The highest BCUT2D eigenvalue weighted by Gasteiger charge is 2.26. The van der Waals surface area contributed by atoms with Gasteiger partial charge in [0.25, 0.3) is 0 Å².